The molecule has 6 nitrogen and oxygen atoms in total. The van der Waals surface area contributed by atoms with Crippen LogP contribution >= 0.6 is 0 Å². The van der Waals surface area contributed by atoms with E-state index in [1.807, 2.05) is 35.9 Å². The molecule has 3 rings (SSSR count). The van der Waals surface area contributed by atoms with Crippen LogP contribution in [0.4, 0.5) is 0 Å². The van der Waals surface area contributed by atoms with Gasteiger partial charge in [0, 0.05) is 24.4 Å². The highest BCUT2D eigenvalue weighted by atomic mass is 16.4. The molecule has 0 aliphatic heterocycles. The van der Waals surface area contributed by atoms with Crippen LogP contribution in [0.15, 0.2) is 42.7 Å². The summed E-state index contributed by atoms with van der Waals surface area (Å²) >= 11 is 0. The second-order valence-electron chi connectivity index (χ2n) is 6.26. The summed E-state index contributed by atoms with van der Waals surface area (Å²) in [5, 5.41) is 13.8. The zero-order valence-corrected chi connectivity index (χ0v) is 15.0. The molecule has 0 saturated heterocycles. The fraction of sp³-hybridized carbons (Fsp3) is 0.300. The number of nitrogens with zero attached hydrogens (tertiary/aromatic N) is 4. The number of hydrogen-bond acceptors (Lipinski definition) is 4. The van der Waals surface area contributed by atoms with Crippen molar-refractivity contribution in [1.29, 1.82) is 0 Å². The highest BCUT2D eigenvalue weighted by molar-refractivity contribution is 5.95. The van der Waals surface area contributed by atoms with E-state index in [1.54, 1.807) is 6.20 Å². The minimum absolute atomic E-state index is 0.251. The van der Waals surface area contributed by atoms with Crippen molar-refractivity contribution in [2.45, 2.75) is 39.7 Å². The Morgan fingerprint density at radius 2 is 1.96 bits per heavy atom. The summed E-state index contributed by atoms with van der Waals surface area (Å²) < 4.78 is 1.95. The summed E-state index contributed by atoms with van der Waals surface area (Å²) in [5.74, 6) is 0.841. The number of benzene rings is 1. The van der Waals surface area contributed by atoms with E-state index in [-0.39, 0.29) is 5.56 Å². The molecule has 0 atom stereocenters. The van der Waals surface area contributed by atoms with Gasteiger partial charge in [0.05, 0.1) is 12.1 Å². The number of pyridine rings is 1. The average Bonchev–Trinajstić information content (AvgIpc) is 2.99. The van der Waals surface area contributed by atoms with Gasteiger partial charge in [0.25, 0.3) is 0 Å². The fourth-order valence-corrected chi connectivity index (χ4v) is 2.92. The van der Waals surface area contributed by atoms with Crippen molar-refractivity contribution in [2.24, 2.45) is 0 Å². The maximum absolute atomic E-state index is 11.4. The third-order valence-corrected chi connectivity index (χ3v) is 4.26. The lowest BCUT2D eigenvalue weighted by Crippen LogP contribution is -2.07. The molecule has 134 valence electrons. The third kappa shape index (κ3) is 3.96. The van der Waals surface area contributed by atoms with Gasteiger partial charge < -0.3 is 5.11 Å². The molecular weight excluding hydrogens is 328 g/mol. The van der Waals surface area contributed by atoms with Gasteiger partial charge in [0.2, 0.25) is 0 Å². The second kappa shape index (κ2) is 7.91. The number of rotatable bonds is 7. The zero-order chi connectivity index (χ0) is 18.5. The number of unbranched alkanes of at least 4 members (excludes halogenated alkanes) is 1. The van der Waals surface area contributed by atoms with Crippen molar-refractivity contribution < 1.29 is 9.90 Å². The Hall–Kier alpha value is -3.02. The van der Waals surface area contributed by atoms with Crippen LogP contribution in [0.5, 0.6) is 0 Å². The van der Waals surface area contributed by atoms with Crippen LogP contribution in [0, 0.1) is 6.92 Å². The molecule has 1 aromatic carbocycles. The number of carboxylic acids is 1. The van der Waals surface area contributed by atoms with Crippen molar-refractivity contribution in [3.05, 3.63) is 65.5 Å². The first kappa shape index (κ1) is 17.8. The number of aromatic nitrogens is 4. The molecule has 0 fully saturated rings. The standard InChI is InChI=1S/C20H22N4O2/c1-3-4-5-19-22-14(2)23-24(19)13-15-6-8-16(9-7-15)18-12-21-11-10-17(18)20(25)26/h6-12H,3-5,13H2,1-2H3,(H,25,26). The van der Waals surface area contributed by atoms with Gasteiger partial charge in [0.1, 0.15) is 11.6 Å². The Balaban J connectivity index is 1.82. The van der Waals surface area contributed by atoms with Crippen molar-refractivity contribution in [3.8, 4) is 11.1 Å². The molecule has 0 unspecified atom stereocenters. The molecule has 0 radical (unpaired) electrons. The molecule has 1 N–H and O–H groups in total. The van der Waals surface area contributed by atoms with Crippen molar-refractivity contribution in [2.75, 3.05) is 0 Å². The molecule has 0 aliphatic carbocycles. The molecule has 2 aromatic heterocycles. The first-order chi connectivity index (χ1) is 12.6. The third-order valence-electron chi connectivity index (χ3n) is 4.26. The Bertz CT molecular complexity index is 900. The largest absolute Gasteiger partial charge is 0.478 e. The summed E-state index contributed by atoms with van der Waals surface area (Å²) in [6.07, 6.45) is 6.22. The maximum atomic E-state index is 11.4. The van der Waals surface area contributed by atoms with Crippen LogP contribution in [0.25, 0.3) is 11.1 Å². The lowest BCUT2D eigenvalue weighted by molar-refractivity contribution is 0.0697. The van der Waals surface area contributed by atoms with E-state index in [2.05, 4.69) is 22.0 Å². The Kier molecular flexibility index (Phi) is 5.41. The fourth-order valence-electron chi connectivity index (χ4n) is 2.92. The number of carbonyl (C=O) groups is 1. The van der Waals surface area contributed by atoms with Crippen LogP contribution in [0.1, 0.15) is 47.3 Å². The first-order valence-corrected chi connectivity index (χ1v) is 8.75. The van der Waals surface area contributed by atoms with Crippen molar-refractivity contribution >= 4 is 5.97 Å². The van der Waals surface area contributed by atoms with Crippen LogP contribution in [-0.4, -0.2) is 30.8 Å². The zero-order valence-electron chi connectivity index (χ0n) is 15.0. The highest BCUT2D eigenvalue weighted by Crippen LogP contribution is 2.23. The topological polar surface area (TPSA) is 80.9 Å². The Morgan fingerprint density at radius 3 is 2.65 bits per heavy atom. The monoisotopic (exact) mass is 350 g/mol. The van der Waals surface area contributed by atoms with Crippen LogP contribution in [0.2, 0.25) is 0 Å². The van der Waals surface area contributed by atoms with Gasteiger partial charge in [-0.25, -0.2) is 14.5 Å². The van der Waals surface area contributed by atoms with E-state index in [0.29, 0.717) is 12.1 Å². The second-order valence-corrected chi connectivity index (χ2v) is 6.26. The number of aryl methyl sites for hydroxylation is 2. The first-order valence-electron chi connectivity index (χ1n) is 8.75. The molecule has 0 saturated carbocycles. The van der Waals surface area contributed by atoms with E-state index < -0.39 is 5.97 Å². The van der Waals surface area contributed by atoms with Gasteiger partial charge in [0.15, 0.2) is 0 Å². The van der Waals surface area contributed by atoms with Crippen molar-refractivity contribution in [1.82, 2.24) is 19.7 Å². The maximum Gasteiger partial charge on any atom is 0.336 e. The smallest absolute Gasteiger partial charge is 0.336 e. The SMILES string of the molecule is CCCCc1nc(C)nn1Cc1ccc(-c2cnccc2C(=O)O)cc1. The quantitative estimate of drug-likeness (QED) is 0.702. The van der Waals surface area contributed by atoms with Gasteiger partial charge in [-0.2, -0.15) is 5.10 Å². The van der Waals surface area contributed by atoms with Gasteiger partial charge in [-0.1, -0.05) is 37.6 Å². The lowest BCUT2D eigenvalue weighted by Gasteiger charge is -2.08. The molecule has 3 aromatic rings. The van der Waals surface area contributed by atoms with E-state index in [0.717, 1.165) is 42.0 Å². The number of carboxylic acid groups (broad SMARTS) is 1. The Morgan fingerprint density at radius 1 is 1.19 bits per heavy atom. The molecule has 2 heterocycles. The molecule has 26 heavy (non-hydrogen) atoms. The molecular formula is C20H22N4O2. The minimum atomic E-state index is -0.954. The number of aromatic carboxylic acids is 1. The van der Waals surface area contributed by atoms with Gasteiger partial charge in [-0.3, -0.25) is 4.98 Å². The predicted molar refractivity (Wildman–Crippen MR) is 99.1 cm³/mol. The molecule has 6 heteroatoms. The van der Waals surface area contributed by atoms with Gasteiger partial charge in [-0.05, 0) is 30.5 Å². The van der Waals surface area contributed by atoms with E-state index >= 15 is 0 Å². The number of hydrogen-bond donors (Lipinski definition) is 1. The average molecular weight is 350 g/mol. The molecule has 0 aliphatic rings. The lowest BCUT2D eigenvalue weighted by atomic mass is 10.0. The summed E-state index contributed by atoms with van der Waals surface area (Å²) in [6, 6.07) is 9.36. The van der Waals surface area contributed by atoms with Crippen LogP contribution in [-0.2, 0) is 13.0 Å². The summed E-state index contributed by atoms with van der Waals surface area (Å²) in [7, 11) is 0. The summed E-state index contributed by atoms with van der Waals surface area (Å²) in [6.45, 7) is 4.72. The van der Waals surface area contributed by atoms with Crippen LogP contribution < -0.4 is 0 Å². The molecule has 0 amide bonds. The minimum Gasteiger partial charge on any atom is -0.478 e. The van der Waals surface area contributed by atoms with E-state index in [4.69, 9.17) is 0 Å². The van der Waals surface area contributed by atoms with Crippen molar-refractivity contribution in [3.63, 3.8) is 0 Å². The molecule has 0 bridgehead atoms. The predicted octanol–water partition coefficient (Wildman–Crippen LogP) is 3.74. The van der Waals surface area contributed by atoms with Crippen LogP contribution in [0.3, 0.4) is 0 Å². The summed E-state index contributed by atoms with van der Waals surface area (Å²) in [4.78, 5) is 20.0. The van der Waals surface area contributed by atoms with Gasteiger partial charge >= 0.3 is 5.97 Å². The van der Waals surface area contributed by atoms with E-state index in [9.17, 15) is 9.90 Å². The molecule has 0 spiro atoms. The normalized spacial score (nSPS) is 10.8. The van der Waals surface area contributed by atoms with E-state index in [1.165, 1.54) is 12.3 Å². The highest BCUT2D eigenvalue weighted by Gasteiger charge is 2.12. The van der Waals surface area contributed by atoms with Gasteiger partial charge in [-0.15, -0.1) is 0 Å². The Labute approximate surface area is 152 Å². The summed E-state index contributed by atoms with van der Waals surface area (Å²) in [5.41, 5.74) is 2.80.